The fourth-order valence-corrected chi connectivity index (χ4v) is 3.33. The number of hydrogen-bond donors (Lipinski definition) is 0. The van der Waals surface area contributed by atoms with E-state index < -0.39 is 0 Å². The monoisotopic (exact) mass is 264 g/mol. The van der Waals surface area contributed by atoms with E-state index in [1.165, 1.54) is 16.7 Å². The Balaban J connectivity index is 2.37. The van der Waals surface area contributed by atoms with Gasteiger partial charge in [0.05, 0.1) is 12.5 Å². The van der Waals surface area contributed by atoms with Gasteiger partial charge < -0.3 is 4.74 Å². The fraction of sp³-hybridized carbons (Fsp3) is 0.500. The van der Waals surface area contributed by atoms with E-state index in [2.05, 4.69) is 39.0 Å². The average molecular weight is 265 g/mol. The number of halogens is 1. The molecule has 0 spiro atoms. The predicted octanol–water partition coefficient (Wildman–Crippen LogP) is 4.81. The lowest BCUT2D eigenvalue weighted by atomic mass is 9.75. The van der Waals surface area contributed by atoms with Crippen molar-refractivity contribution in [3.05, 3.63) is 35.4 Å². The highest BCUT2D eigenvalue weighted by molar-refractivity contribution is 6.22. The Morgan fingerprint density at radius 2 is 2.06 bits per heavy atom. The standard InChI is InChI=1S/C16H21ClO/c1-11-7-14(18-4)5-6-15(11)12-8-13(17)10-16(2,3)9-12/h5-8,13H,9-10H2,1-4H3. The summed E-state index contributed by atoms with van der Waals surface area (Å²) in [5, 5.41) is 0.144. The first-order chi connectivity index (χ1) is 8.41. The summed E-state index contributed by atoms with van der Waals surface area (Å²) in [5.41, 5.74) is 4.20. The first-order valence-electron chi connectivity index (χ1n) is 6.41. The summed E-state index contributed by atoms with van der Waals surface area (Å²) < 4.78 is 5.25. The normalized spacial score (nSPS) is 22.5. The second kappa shape index (κ2) is 4.97. The van der Waals surface area contributed by atoms with Crippen molar-refractivity contribution >= 4 is 17.2 Å². The largest absolute Gasteiger partial charge is 0.497 e. The third-order valence-electron chi connectivity index (χ3n) is 3.58. The summed E-state index contributed by atoms with van der Waals surface area (Å²) in [5.74, 6) is 0.911. The smallest absolute Gasteiger partial charge is 0.119 e. The Kier molecular flexibility index (Phi) is 3.72. The van der Waals surface area contributed by atoms with Gasteiger partial charge in [-0.05, 0) is 54.0 Å². The maximum atomic E-state index is 6.36. The first kappa shape index (κ1) is 13.5. The van der Waals surface area contributed by atoms with E-state index in [0.29, 0.717) is 0 Å². The molecule has 0 saturated carbocycles. The number of rotatable bonds is 2. The van der Waals surface area contributed by atoms with E-state index in [1.807, 2.05) is 6.07 Å². The van der Waals surface area contributed by atoms with Crippen LogP contribution in [0.1, 0.15) is 37.8 Å². The summed E-state index contributed by atoms with van der Waals surface area (Å²) in [6, 6.07) is 6.25. The zero-order chi connectivity index (χ0) is 13.3. The third kappa shape index (κ3) is 2.89. The minimum atomic E-state index is 0.144. The minimum absolute atomic E-state index is 0.144. The van der Waals surface area contributed by atoms with Crippen molar-refractivity contribution in [1.82, 2.24) is 0 Å². The van der Waals surface area contributed by atoms with Gasteiger partial charge in [0.2, 0.25) is 0 Å². The van der Waals surface area contributed by atoms with Gasteiger partial charge in [-0.15, -0.1) is 11.6 Å². The van der Waals surface area contributed by atoms with Crippen LogP contribution >= 0.6 is 11.6 Å². The average Bonchev–Trinajstić information content (AvgIpc) is 2.25. The molecule has 1 aromatic carbocycles. The highest BCUT2D eigenvalue weighted by Crippen LogP contribution is 2.42. The minimum Gasteiger partial charge on any atom is -0.497 e. The lowest BCUT2D eigenvalue weighted by Gasteiger charge is -2.33. The molecule has 0 N–H and O–H groups in total. The van der Waals surface area contributed by atoms with Crippen LogP contribution in [0.25, 0.3) is 5.57 Å². The highest BCUT2D eigenvalue weighted by Gasteiger charge is 2.28. The number of allylic oxidation sites excluding steroid dienone is 2. The van der Waals surface area contributed by atoms with Gasteiger partial charge in [0.1, 0.15) is 5.75 Å². The molecule has 0 aromatic heterocycles. The second-order valence-electron chi connectivity index (χ2n) is 5.93. The Labute approximate surface area is 115 Å². The summed E-state index contributed by atoms with van der Waals surface area (Å²) >= 11 is 6.36. The zero-order valence-corrected chi connectivity index (χ0v) is 12.3. The van der Waals surface area contributed by atoms with Crippen LogP contribution in [0.2, 0.25) is 0 Å². The van der Waals surface area contributed by atoms with Gasteiger partial charge in [-0.3, -0.25) is 0 Å². The maximum Gasteiger partial charge on any atom is 0.119 e. The van der Waals surface area contributed by atoms with Gasteiger partial charge in [0, 0.05) is 0 Å². The van der Waals surface area contributed by atoms with E-state index >= 15 is 0 Å². The lowest BCUT2D eigenvalue weighted by molar-refractivity contribution is 0.340. The molecule has 1 aromatic rings. The van der Waals surface area contributed by atoms with Crippen molar-refractivity contribution in [3.63, 3.8) is 0 Å². The quantitative estimate of drug-likeness (QED) is 0.696. The van der Waals surface area contributed by atoms with Crippen molar-refractivity contribution in [3.8, 4) is 5.75 Å². The molecule has 0 bridgehead atoms. The molecule has 18 heavy (non-hydrogen) atoms. The Morgan fingerprint density at radius 3 is 2.61 bits per heavy atom. The van der Waals surface area contributed by atoms with E-state index in [1.54, 1.807) is 7.11 Å². The second-order valence-corrected chi connectivity index (χ2v) is 6.49. The maximum absolute atomic E-state index is 6.36. The molecule has 98 valence electrons. The highest BCUT2D eigenvalue weighted by atomic mass is 35.5. The van der Waals surface area contributed by atoms with Crippen molar-refractivity contribution < 1.29 is 4.74 Å². The molecule has 2 heteroatoms. The topological polar surface area (TPSA) is 9.23 Å². The number of ether oxygens (including phenoxy) is 1. The molecule has 1 aliphatic carbocycles. The zero-order valence-electron chi connectivity index (χ0n) is 11.6. The molecule has 0 saturated heterocycles. The van der Waals surface area contributed by atoms with Gasteiger partial charge in [0.25, 0.3) is 0 Å². The first-order valence-corrected chi connectivity index (χ1v) is 6.85. The van der Waals surface area contributed by atoms with Crippen molar-refractivity contribution in [2.24, 2.45) is 5.41 Å². The molecule has 0 radical (unpaired) electrons. The third-order valence-corrected chi connectivity index (χ3v) is 3.86. The predicted molar refractivity (Wildman–Crippen MR) is 78.4 cm³/mol. The molecular weight excluding hydrogens is 244 g/mol. The van der Waals surface area contributed by atoms with Crippen molar-refractivity contribution in [1.29, 1.82) is 0 Å². The van der Waals surface area contributed by atoms with Crippen LogP contribution in [0.5, 0.6) is 5.75 Å². The van der Waals surface area contributed by atoms with Gasteiger partial charge in [-0.1, -0.05) is 26.0 Å². The number of alkyl halides is 1. The molecule has 0 fully saturated rings. The fourth-order valence-electron chi connectivity index (χ4n) is 2.76. The molecule has 1 nitrogen and oxygen atoms in total. The molecular formula is C16H21ClO. The van der Waals surface area contributed by atoms with Gasteiger partial charge >= 0.3 is 0 Å². The number of methoxy groups -OCH3 is 1. The lowest BCUT2D eigenvalue weighted by Crippen LogP contribution is -2.21. The van der Waals surface area contributed by atoms with Crippen LogP contribution in [0, 0.1) is 12.3 Å². The number of hydrogen-bond acceptors (Lipinski definition) is 1. The van der Waals surface area contributed by atoms with Gasteiger partial charge in [-0.25, -0.2) is 0 Å². The summed E-state index contributed by atoms with van der Waals surface area (Å²) in [6.45, 7) is 6.70. The van der Waals surface area contributed by atoms with Crippen LogP contribution in [-0.4, -0.2) is 12.5 Å². The van der Waals surface area contributed by atoms with E-state index in [-0.39, 0.29) is 10.8 Å². The number of benzene rings is 1. The van der Waals surface area contributed by atoms with E-state index in [0.717, 1.165) is 18.6 Å². The van der Waals surface area contributed by atoms with Crippen molar-refractivity contribution in [2.45, 2.75) is 39.0 Å². The van der Waals surface area contributed by atoms with Crippen LogP contribution in [0.4, 0.5) is 0 Å². The van der Waals surface area contributed by atoms with Gasteiger partial charge in [-0.2, -0.15) is 0 Å². The molecule has 1 aliphatic rings. The van der Waals surface area contributed by atoms with Crippen molar-refractivity contribution in [2.75, 3.05) is 7.11 Å². The Bertz CT molecular complexity index is 474. The molecule has 2 rings (SSSR count). The van der Waals surface area contributed by atoms with Gasteiger partial charge in [0.15, 0.2) is 0 Å². The van der Waals surface area contributed by atoms with Crippen LogP contribution < -0.4 is 4.74 Å². The summed E-state index contributed by atoms with van der Waals surface area (Å²) in [7, 11) is 1.70. The van der Waals surface area contributed by atoms with Crippen LogP contribution in [0.3, 0.4) is 0 Å². The van der Waals surface area contributed by atoms with Crippen LogP contribution in [-0.2, 0) is 0 Å². The van der Waals surface area contributed by atoms with Crippen LogP contribution in [0.15, 0.2) is 24.3 Å². The Morgan fingerprint density at radius 1 is 1.33 bits per heavy atom. The summed E-state index contributed by atoms with van der Waals surface area (Å²) in [4.78, 5) is 0. The van der Waals surface area contributed by atoms with E-state index in [4.69, 9.17) is 16.3 Å². The molecule has 1 atom stereocenters. The number of aryl methyl sites for hydroxylation is 1. The van der Waals surface area contributed by atoms with E-state index in [9.17, 15) is 0 Å². The summed E-state index contributed by atoms with van der Waals surface area (Å²) in [6.07, 6.45) is 4.35. The molecule has 0 heterocycles. The molecule has 1 unspecified atom stereocenters. The molecule has 0 aliphatic heterocycles. The Hall–Kier alpha value is -0.950. The molecule has 0 amide bonds. The SMILES string of the molecule is COc1ccc(C2=CC(Cl)CC(C)(C)C2)c(C)c1.